The van der Waals surface area contributed by atoms with Crippen LogP contribution in [0.5, 0.6) is 0 Å². The Kier molecular flexibility index (Phi) is 50.9. The monoisotopic (exact) mass is 374 g/mol. The fourth-order valence-corrected chi connectivity index (χ4v) is 6.42. The summed E-state index contributed by atoms with van der Waals surface area (Å²) in [5, 5.41) is 0. The van der Waals surface area contributed by atoms with Crippen LogP contribution in [0.1, 0.15) is 98.3 Å². The summed E-state index contributed by atoms with van der Waals surface area (Å²) in [5.74, 6) is 0. The Balaban J connectivity index is -0.000000162. The van der Waals surface area contributed by atoms with Crippen molar-refractivity contribution in [2.45, 2.75) is 104 Å². The summed E-state index contributed by atoms with van der Waals surface area (Å²) in [6, 6.07) is 0. The summed E-state index contributed by atoms with van der Waals surface area (Å²) >= 11 is 0. The second-order valence-electron chi connectivity index (χ2n) is 6.03. The largest absolute Gasteiger partial charge is 3.00 e. The van der Waals surface area contributed by atoms with E-state index in [0.717, 1.165) is 5.66 Å². The third-order valence-corrected chi connectivity index (χ3v) is 7.46. The predicted molar refractivity (Wildman–Crippen MR) is 102 cm³/mol. The van der Waals surface area contributed by atoms with Gasteiger partial charge in [-0.05, 0) is 43.7 Å². The zero-order valence-electron chi connectivity index (χ0n) is 16.3. The van der Waals surface area contributed by atoms with Gasteiger partial charge in [0.1, 0.15) is 0 Å². The molecule has 0 aromatic heterocycles. The second-order valence-corrected chi connectivity index (χ2v) is 8.84. The van der Waals surface area contributed by atoms with Gasteiger partial charge in [-0.1, -0.05) is 72.6 Å². The Hall–Kier alpha value is 0.215. The molecule has 0 aliphatic heterocycles. The first kappa shape index (κ1) is 39.3. The number of hydrogen-bond acceptors (Lipinski definition) is 0. The van der Waals surface area contributed by atoms with E-state index in [-0.39, 0.29) is 27.2 Å². The Bertz CT molecular complexity index is 180. The second kappa shape index (κ2) is 31.0. The molecule has 0 rings (SSSR count). The molecule has 0 spiro atoms. The van der Waals surface area contributed by atoms with Crippen molar-refractivity contribution < 1.29 is 18.8 Å². The molecule has 0 amide bonds. The van der Waals surface area contributed by atoms with Crippen molar-refractivity contribution >= 4 is 16.3 Å². The maximum Gasteiger partial charge on any atom is 3.00 e. The zero-order valence-corrected chi connectivity index (χ0v) is 17.2. The van der Waals surface area contributed by atoms with Crippen LogP contribution in [0.3, 0.4) is 0 Å². The first-order valence-electron chi connectivity index (χ1n) is 9.04. The zero-order chi connectivity index (χ0) is 14.3. The molecule has 1 unspecified atom stereocenters. The third-order valence-electron chi connectivity index (χ3n) is 4.13. The van der Waals surface area contributed by atoms with Crippen LogP contribution in [-0.4, -0.2) is 26.4 Å². The first-order valence-corrected chi connectivity index (χ1v) is 10.8. The van der Waals surface area contributed by atoms with Gasteiger partial charge in [0.15, 0.2) is 0 Å². The van der Waals surface area contributed by atoms with E-state index in [1.165, 1.54) is 70.6 Å². The van der Waals surface area contributed by atoms with Crippen molar-refractivity contribution in [1.82, 2.24) is 0 Å². The SMILES string of the molecule is CCCCCCC(CCC)P(CCCC)CCCC.F.[B+3].[F-].[F-].[F-]. The van der Waals surface area contributed by atoms with Crippen LogP contribution < -0.4 is 14.1 Å². The average Bonchev–Trinajstić information content (AvgIpc) is 2.43. The molecule has 0 nitrogen and oxygen atoms in total. The topological polar surface area (TPSA) is 0 Å². The molecule has 0 N–H and O–H groups in total. The van der Waals surface area contributed by atoms with Gasteiger partial charge in [-0.2, -0.15) is 0 Å². The number of hydrogen-bond donors (Lipinski definition) is 0. The Morgan fingerprint density at radius 3 is 1.42 bits per heavy atom. The smallest absolute Gasteiger partial charge is 1.00 e. The van der Waals surface area contributed by atoms with Gasteiger partial charge in [0.2, 0.25) is 0 Å². The number of halogens is 4. The Morgan fingerprint density at radius 2 is 1.04 bits per heavy atom. The molecule has 0 aromatic carbocycles. The van der Waals surface area contributed by atoms with E-state index in [1.807, 2.05) is 0 Å². The summed E-state index contributed by atoms with van der Waals surface area (Å²) in [6.45, 7) is 9.40. The molecule has 0 saturated carbocycles. The maximum absolute atomic E-state index is 2.38. The average molecular weight is 374 g/mol. The molecule has 0 aliphatic rings. The van der Waals surface area contributed by atoms with E-state index >= 15 is 0 Å². The van der Waals surface area contributed by atoms with Gasteiger partial charge >= 0.3 is 8.41 Å². The van der Waals surface area contributed by atoms with Gasteiger partial charge in [0.25, 0.3) is 0 Å². The first-order chi connectivity index (χ1) is 9.29. The minimum atomic E-state index is 0. The van der Waals surface area contributed by atoms with Gasteiger partial charge in [0.05, 0.1) is 0 Å². The van der Waals surface area contributed by atoms with E-state index in [4.69, 9.17) is 0 Å². The molecule has 24 heavy (non-hydrogen) atoms. The molecular formula is C18H40BF4P. The molecule has 0 fully saturated rings. The Morgan fingerprint density at radius 1 is 0.583 bits per heavy atom. The van der Waals surface area contributed by atoms with Gasteiger partial charge < -0.3 is 14.1 Å². The van der Waals surface area contributed by atoms with Gasteiger partial charge in [0, 0.05) is 0 Å². The summed E-state index contributed by atoms with van der Waals surface area (Å²) < 4.78 is 0. The minimum absolute atomic E-state index is 0. The van der Waals surface area contributed by atoms with E-state index in [9.17, 15) is 0 Å². The molecule has 1 atom stereocenters. The number of rotatable bonds is 14. The molecule has 0 saturated heterocycles. The van der Waals surface area contributed by atoms with Crippen molar-refractivity contribution in [3.05, 3.63) is 0 Å². The van der Waals surface area contributed by atoms with E-state index in [2.05, 4.69) is 27.7 Å². The van der Waals surface area contributed by atoms with Crippen LogP contribution in [0.25, 0.3) is 0 Å². The van der Waals surface area contributed by atoms with Crippen LogP contribution in [0.15, 0.2) is 0 Å². The summed E-state index contributed by atoms with van der Waals surface area (Å²) in [6.07, 6.45) is 19.1. The maximum atomic E-state index is 2.38. The summed E-state index contributed by atoms with van der Waals surface area (Å²) in [7, 11) is 0.337. The van der Waals surface area contributed by atoms with Crippen molar-refractivity contribution in [2.24, 2.45) is 0 Å². The molecule has 0 heterocycles. The third kappa shape index (κ3) is 22.2. The number of unbranched alkanes of at least 4 members (excludes halogenated alkanes) is 5. The van der Waals surface area contributed by atoms with E-state index in [0.29, 0.717) is 7.92 Å². The van der Waals surface area contributed by atoms with Gasteiger partial charge in [-0.25, -0.2) is 0 Å². The van der Waals surface area contributed by atoms with Crippen LogP contribution >= 0.6 is 7.92 Å². The minimum Gasteiger partial charge on any atom is -1.00 e. The van der Waals surface area contributed by atoms with Crippen molar-refractivity contribution in [3.8, 4) is 0 Å². The van der Waals surface area contributed by atoms with Crippen molar-refractivity contribution in [3.63, 3.8) is 0 Å². The summed E-state index contributed by atoms with van der Waals surface area (Å²) in [5.41, 5.74) is 1.09. The molecule has 0 bridgehead atoms. The molecular weight excluding hydrogens is 334 g/mol. The van der Waals surface area contributed by atoms with E-state index < -0.39 is 0 Å². The van der Waals surface area contributed by atoms with Gasteiger partial charge in [-0.3, -0.25) is 4.70 Å². The molecule has 0 aromatic rings. The summed E-state index contributed by atoms with van der Waals surface area (Å²) in [4.78, 5) is 0. The van der Waals surface area contributed by atoms with Crippen LogP contribution in [-0.2, 0) is 0 Å². The van der Waals surface area contributed by atoms with Crippen LogP contribution in [0.2, 0.25) is 0 Å². The predicted octanol–water partition coefficient (Wildman–Crippen LogP) is -2.01. The molecule has 0 aliphatic carbocycles. The Labute approximate surface area is 152 Å². The fraction of sp³-hybridized carbons (Fsp3) is 1.00. The van der Waals surface area contributed by atoms with Crippen LogP contribution in [0.4, 0.5) is 4.70 Å². The van der Waals surface area contributed by atoms with Gasteiger partial charge in [-0.15, -0.1) is 7.92 Å². The normalized spacial score (nSPS) is 10.4. The van der Waals surface area contributed by atoms with Crippen molar-refractivity contribution in [1.29, 1.82) is 0 Å². The van der Waals surface area contributed by atoms with Crippen LogP contribution in [0, 0.1) is 0 Å². The molecule has 0 radical (unpaired) electrons. The van der Waals surface area contributed by atoms with Crippen molar-refractivity contribution in [2.75, 3.05) is 12.3 Å². The standard InChI is InChI=1S/C18H39P.B.4FH/c1-5-9-12-13-15-18(14-8-4)19(16-10-6-2)17-11-7-3;;;;;/h18H,5-17H2,1-4H3;;4*1H/q;+3;;;;/p-3. The van der Waals surface area contributed by atoms with E-state index in [1.54, 1.807) is 12.3 Å². The quantitative estimate of drug-likeness (QED) is 0.143. The fourth-order valence-electron chi connectivity index (χ4n) is 2.85. The molecule has 6 heteroatoms. The molecule has 148 valence electrons.